The number of aliphatic hydroxyl groups excluding tert-OH is 2. The SMILES string of the molecule is COC(=O)c1cccc(C(O)C(O)CN)c1C. The number of carbonyl (C=O) groups excluding carboxylic acids is 1. The molecule has 0 aliphatic carbocycles. The molecular weight excluding hydrogens is 222 g/mol. The number of rotatable bonds is 4. The van der Waals surface area contributed by atoms with Crippen molar-refractivity contribution in [1.29, 1.82) is 0 Å². The molecule has 0 saturated heterocycles. The van der Waals surface area contributed by atoms with Gasteiger partial charge in [0.05, 0.1) is 18.8 Å². The van der Waals surface area contributed by atoms with Crippen LogP contribution in [0.2, 0.25) is 0 Å². The van der Waals surface area contributed by atoms with Gasteiger partial charge in [-0.1, -0.05) is 12.1 Å². The van der Waals surface area contributed by atoms with E-state index in [4.69, 9.17) is 5.73 Å². The lowest BCUT2D eigenvalue weighted by atomic mass is 9.95. The third kappa shape index (κ3) is 2.82. The highest BCUT2D eigenvalue weighted by Crippen LogP contribution is 2.23. The van der Waals surface area contributed by atoms with Crippen LogP contribution in [0.15, 0.2) is 18.2 Å². The summed E-state index contributed by atoms with van der Waals surface area (Å²) < 4.78 is 4.63. The van der Waals surface area contributed by atoms with Crippen molar-refractivity contribution in [2.24, 2.45) is 5.73 Å². The zero-order valence-electron chi connectivity index (χ0n) is 9.88. The first-order valence-electron chi connectivity index (χ1n) is 5.27. The zero-order valence-corrected chi connectivity index (χ0v) is 9.88. The van der Waals surface area contributed by atoms with E-state index in [0.717, 1.165) is 0 Å². The van der Waals surface area contributed by atoms with Crippen molar-refractivity contribution in [3.8, 4) is 0 Å². The Morgan fingerprint density at radius 3 is 2.65 bits per heavy atom. The monoisotopic (exact) mass is 239 g/mol. The molecule has 0 aliphatic heterocycles. The van der Waals surface area contributed by atoms with Gasteiger partial charge >= 0.3 is 5.97 Å². The number of hydrogen-bond acceptors (Lipinski definition) is 5. The van der Waals surface area contributed by atoms with E-state index in [1.54, 1.807) is 25.1 Å². The molecule has 0 saturated carbocycles. The van der Waals surface area contributed by atoms with E-state index in [2.05, 4.69) is 4.74 Å². The predicted octanol–water partition coefficient (Wildman–Crippen LogP) is 0.135. The van der Waals surface area contributed by atoms with Crippen molar-refractivity contribution >= 4 is 5.97 Å². The van der Waals surface area contributed by atoms with Gasteiger partial charge < -0.3 is 20.7 Å². The maximum Gasteiger partial charge on any atom is 0.338 e. The topological polar surface area (TPSA) is 92.8 Å². The fourth-order valence-corrected chi connectivity index (χ4v) is 1.64. The maximum absolute atomic E-state index is 11.5. The van der Waals surface area contributed by atoms with E-state index < -0.39 is 18.2 Å². The van der Waals surface area contributed by atoms with Gasteiger partial charge in [-0.15, -0.1) is 0 Å². The predicted molar refractivity (Wildman–Crippen MR) is 62.5 cm³/mol. The smallest absolute Gasteiger partial charge is 0.338 e. The van der Waals surface area contributed by atoms with Crippen LogP contribution in [0.3, 0.4) is 0 Å². The minimum Gasteiger partial charge on any atom is -0.465 e. The zero-order chi connectivity index (χ0) is 13.0. The molecule has 17 heavy (non-hydrogen) atoms. The number of aliphatic hydroxyl groups is 2. The maximum atomic E-state index is 11.5. The Labute approximate surface area is 99.8 Å². The number of ether oxygens (including phenoxy) is 1. The molecule has 0 spiro atoms. The van der Waals surface area contributed by atoms with E-state index >= 15 is 0 Å². The summed E-state index contributed by atoms with van der Waals surface area (Å²) >= 11 is 0. The van der Waals surface area contributed by atoms with Gasteiger partial charge in [0.2, 0.25) is 0 Å². The molecule has 94 valence electrons. The Bertz CT molecular complexity index is 405. The lowest BCUT2D eigenvalue weighted by molar-refractivity contribution is 0.0238. The van der Waals surface area contributed by atoms with Gasteiger partial charge in [0, 0.05) is 6.54 Å². The van der Waals surface area contributed by atoms with Crippen LogP contribution in [0.4, 0.5) is 0 Å². The first-order chi connectivity index (χ1) is 8.02. The Morgan fingerprint density at radius 1 is 1.47 bits per heavy atom. The first kappa shape index (κ1) is 13.6. The van der Waals surface area contributed by atoms with Crippen molar-refractivity contribution in [2.75, 3.05) is 13.7 Å². The second-order valence-electron chi connectivity index (χ2n) is 3.76. The summed E-state index contributed by atoms with van der Waals surface area (Å²) in [5.41, 5.74) is 6.71. The third-order valence-corrected chi connectivity index (χ3v) is 2.71. The number of benzene rings is 1. The van der Waals surface area contributed by atoms with Crippen LogP contribution >= 0.6 is 0 Å². The molecule has 5 nitrogen and oxygen atoms in total. The number of esters is 1. The second-order valence-corrected chi connectivity index (χ2v) is 3.76. The third-order valence-electron chi connectivity index (χ3n) is 2.71. The summed E-state index contributed by atoms with van der Waals surface area (Å²) in [4.78, 5) is 11.5. The van der Waals surface area contributed by atoms with Gasteiger partial charge in [-0.2, -0.15) is 0 Å². The van der Waals surface area contributed by atoms with Crippen LogP contribution in [0.1, 0.15) is 27.6 Å². The van der Waals surface area contributed by atoms with Gasteiger partial charge in [0.25, 0.3) is 0 Å². The largest absolute Gasteiger partial charge is 0.465 e. The van der Waals surface area contributed by atoms with Crippen LogP contribution in [0.25, 0.3) is 0 Å². The van der Waals surface area contributed by atoms with Crippen LogP contribution in [0.5, 0.6) is 0 Å². The fourth-order valence-electron chi connectivity index (χ4n) is 1.64. The minimum atomic E-state index is -1.11. The number of methoxy groups -OCH3 is 1. The Kier molecular flexibility index (Phi) is 4.62. The van der Waals surface area contributed by atoms with Gasteiger partial charge in [0.1, 0.15) is 6.10 Å². The molecule has 0 amide bonds. The fraction of sp³-hybridized carbons (Fsp3) is 0.417. The van der Waals surface area contributed by atoms with E-state index in [0.29, 0.717) is 16.7 Å². The van der Waals surface area contributed by atoms with E-state index in [1.165, 1.54) is 7.11 Å². The van der Waals surface area contributed by atoms with Crippen molar-refractivity contribution < 1.29 is 19.7 Å². The molecule has 2 unspecified atom stereocenters. The summed E-state index contributed by atoms with van der Waals surface area (Å²) in [5.74, 6) is -0.473. The summed E-state index contributed by atoms with van der Waals surface area (Å²) in [5, 5.41) is 19.4. The Hall–Kier alpha value is -1.43. The molecule has 0 fully saturated rings. The van der Waals surface area contributed by atoms with E-state index in [1.807, 2.05) is 0 Å². The number of carbonyl (C=O) groups is 1. The number of hydrogen-bond donors (Lipinski definition) is 3. The minimum absolute atomic E-state index is 0.0525. The summed E-state index contributed by atoms with van der Waals surface area (Å²) in [7, 11) is 1.29. The molecule has 1 aromatic rings. The lowest BCUT2D eigenvalue weighted by Gasteiger charge is -2.19. The van der Waals surface area contributed by atoms with Crippen molar-refractivity contribution in [3.05, 3.63) is 34.9 Å². The Morgan fingerprint density at radius 2 is 2.12 bits per heavy atom. The van der Waals surface area contributed by atoms with Gasteiger partial charge in [0.15, 0.2) is 0 Å². The molecular formula is C12H17NO4. The van der Waals surface area contributed by atoms with Crippen molar-refractivity contribution in [3.63, 3.8) is 0 Å². The van der Waals surface area contributed by atoms with Crippen LogP contribution in [-0.4, -0.2) is 35.9 Å². The van der Waals surface area contributed by atoms with Crippen LogP contribution in [-0.2, 0) is 4.74 Å². The molecule has 0 heterocycles. The molecule has 0 radical (unpaired) electrons. The van der Waals surface area contributed by atoms with Gasteiger partial charge in [-0.3, -0.25) is 0 Å². The second kappa shape index (κ2) is 5.77. The molecule has 0 aromatic heterocycles. The lowest BCUT2D eigenvalue weighted by Crippen LogP contribution is -2.28. The Balaban J connectivity index is 3.14. The quantitative estimate of drug-likeness (QED) is 0.650. The highest BCUT2D eigenvalue weighted by molar-refractivity contribution is 5.91. The van der Waals surface area contributed by atoms with Crippen LogP contribution < -0.4 is 5.73 Å². The molecule has 1 rings (SSSR count). The molecule has 1 aromatic carbocycles. The van der Waals surface area contributed by atoms with Crippen LogP contribution in [0, 0.1) is 6.92 Å². The molecule has 0 bridgehead atoms. The van der Waals surface area contributed by atoms with Crippen molar-refractivity contribution in [1.82, 2.24) is 0 Å². The van der Waals surface area contributed by atoms with E-state index in [-0.39, 0.29) is 6.54 Å². The molecule has 5 heteroatoms. The van der Waals surface area contributed by atoms with Gasteiger partial charge in [-0.25, -0.2) is 4.79 Å². The van der Waals surface area contributed by atoms with E-state index in [9.17, 15) is 15.0 Å². The normalized spacial score (nSPS) is 14.2. The first-order valence-corrected chi connectivity index (χ1v) is 5.27. The summed E-state index contributed by atoms with van der Waals surface area (Å²) in [6.07, 6.45) is -2.16. The summed E-state index contributed by atoms with van der Waals surface area (Å²) in [6, 6.07) is 4.87. The molecule has 2 atom stereocenters. The average Bonchev–Trinajstić information content (AvgIpc) is 2.36. The molecule has 0 aliphatic rings. The number of nitrogens with two attached hydrogens (primary N) is 1. The molecule has 4 N–H and O–H groups in total. The highest BCUT2D eigenvalue weighted by Gasteiger charge is 2.21. The van der Waals surface area contributed by atoms with Crippen molar-refractivity contribution in [2.45, 2.75) is 19.1 Å². The summed E-state index contributed by atoms with van der Waals surface area (Å²) in [6.45, 7) is 1.64. The standard InChI is InChI=1S/C12H17NO4/c1-7-8(11(15)10(14)6-13)4-3-5-9(7)12(16)17-2/h3-5,10-11,14-15H,6,13H2,1-2H3. The average molecular weight is 239 g/mol. The van der Waals surface area contributed by atoms with Gasteiger partial charge in [-0.05, 0) is 24.1 Å². The highest BCUT2D eigenvalue weighted by atomic mass is 16.5.